The molecule has 0 saturated carbocycles. The number of benzene rings is 1. The molecule has 1 amide bonds. The van der Waals surface area contributed by atoms with Crippen LogP contribution < -0.4 is 5.73 Å². The zero-order valence-corrected chi connectivity index (χ0v) is 9.01. The third-order valence-corrected chi connectivity index (χ3v) is 2.50. The van der Waals surface area contributed by atoms with E-state index in [1.54, 1.807) is 6.92 Å². The van der Waals surface area contributed by atoms with E-state index in [0.29, 0.717) is 0 Å². The van der Waals surface area contributed by atoms with E-state index < -0.39 is 0 Å². The van der Waals surface area contributed by atoms with Crippen molar-refractivity contribution in [1.82, 2.24) is 0 Å². The summed E-state index contributed by atoms with van der Waals surface area (Å²) >= 11 is 5.87. The van der Waals surface area contributed by atoms with Crippen LogP contribution in [-0.2, 0) is 4.79 Å². The zero-order chi connectivity index (χ0) is 10.7. The molecule has 75 valence electrons. The Balaban J connectivity index is 2.78. The van der Waals surface area contributed by atoms with E-state index in [9.17, 15) is 4.79 Å². The van der Waals surface area contributed by atoms with Gasteiger partial charge in [-0.05, 0) is 24.1 Å². The molecule has 0 spiro atoms. The van der Waals surface area contributed by atoms with Gasteiger partial charge in [-0.25, -0.2) is 0 Å². The maximum absolute atomic E-state index is 10.8. The molecule has 0 bridgehead atoms. The van der Waals surface area contributed by atoms with Gasteiger partial charge in [0.2, 0.25) is 5.91 Å². The van der Waals surface area contributed by atoms with Crippen molar-refractivity contribution < 1.29 is 4.79 Å². The minimum Gasteiger partial charge on any atom is -0.369 e. The maximum atomic E-state index is 10.8. The molecule has 2 N–H and O–H groups in total. The standard InChI is InChI=1S/C11H13ClNO/c1-7-5-9(3-4-10(7)12)6-8(2)11(13)14/h3-6,8H,1-2H3,(H2,13,14)/t8-/m1/s1. The predicted molar refractivity (Wildman–Crippen MR) is 57.9 cm³/mol. The third-order valence-electron chi connectivity index (χ3n) is 2.07. The minimum atomic E-state index is -0.322. The number of carbonyl (C=O) groups is 1. The van der Waals surface area contributed by atoms with Crippen LogP contribution in [0.1, 0.15) is 18.1 Å². The first-order valence-corrected chi connectivity index (χ1v) is 4.79. The Labute approximate surface area is 89.1 Å². The van der Waals surface area contributed by atoms with Crippen LogP contribution in [0.25, 0.3) is 0 Å². The fourth-order valence-corrected chi connectivity index (χ4v) is 1.26. The highest BCUT2D eigenvalue weighted by Crippen LogP contribution is 2.19. The molecular weight excluding hydrogens is 198 g/mol. The molecule has 0 aliphatic carbocycles. The van der Waals surface area contributed by atoms with Gasteiger partial charge in [0.05, 0.1) is 0 Å². The average molecular weight is 211 g/mol. The Morgan fingerprint density at radius 3 is 2.71 bits per heavy atom. The SMILES string of the molecule is Cc1cc([CH][C@@H](C)C(N)=O)ccc1Cl. The van der Waals surface area contributed by atoms with Gasteiger partial charge in [-0.15, -0.1) is 0 Å². The molecule has 1 radical (unpaired) electrons. The summed E-state index contributed by atoms with van der Waals surface area (Å²) in [5.74, 6) is -0.576. The molecular formula is C11H13ClNO. The lowest BCUT2D eigenvalue weighted by atomic mass is 9.99. The van der Waals surface area contributed by atoms with Gasteiger partial charge in [0.1, 0.15) is 0 Å². The molecule has 1 aromatic carbocycles. The van der Waals surface area contributed by atoms with Gasteiger partial charge in [0.25, 0.3) is 0 Å². The first-order valence-electron chi connectivity index (χ1n) is 4.41. The smallest absolute Gasteiger partial charge is 0.220 e. The summed E-state index contributed by atoms with van der Waals surface area (Å²) in [6.45, 7) is 3.70. The van der Waals surface area contributed by atoms with Crippen LogP contribution in [0.2, 0.25) is 5.02 Å². The Morgan fingerprint density at radius 2 is 2.21 bits per heavy atom. The summed E-state index contributed by atoms with van der Waals surface area (Å²) in [6, 6.07) is 5.62. The quantitative estimate of drug-likeness (QED) is 0.818. The molecule has 0 aliphatic heterocycles. The van der Waals surface area contributed by atoms with Gasteiger partial charge in [0.15, 0.2) is 0 Å². The second kappa shape index (κ2) is 4.47. The lowest BCUT2D eigenvalue weighted by Crippen LogP contribution is -2.21. The number of amides is 1. The van der Waals surface area contributed by atoms with Crippen LogP contribution in [0.15, 0.2) is 18.2 Å². The molecule has 3 heteroatoms. The molecule has 0 aromatic heterocycles. The maximum Gasteiger partial charge on any atom is 0.220 e. The van der Waals surface area contributed by atoms with Crippen molar-refractivity contribution >= 4 is 17.5 Å². The molecule has 0 saturated heterocycles. The number of halogens is 1. The molecule has 1 aromatic rings. The predicted octanol–water partition coefficient (Wildman–Crippen LogP) is 2.32. The highest BCUT2D eigenvalue weighted by Gasteiger charge is 2.10. The van der Waals surface area contributed by atoms with Gasteiger partial charge < -0.3 is 5.73 Å². The topological polar surface area (TPSA) is 43.1 Å². The van der Waals surface area contributed by atoms with Crippen molar-refractivity contribution in [1.29, 1.82) is 0 Å². The first kappa shape index (κ1) is 11.1. The van der Waals surface area contributed by atoms with E-state index in [4.69, 9.17) is 17.3 Å². The zero-order valence-electron chi connectivity index (χ0n) is 8.25. The van der Waals surface area contributed by atoms with Gasteiger partial charge in [0, 0.05) is 17.4 Å². The van der Waals surface area contributed by atoms with E-state index in [0.717, 1.165) is 16.1 Å². The van der Waals surface area contributed by atoms with Crippen molar-refractivity contribution in [2.24, 2.45) is 11.7 Å². The monoisotopic (exact) mass is 210 g/mol. The van der Waals surface area contributed by atoms with E-state index in [-0.39, 0.29) is 11.8 Å². The Hall–Kier alpha value is -1.02. The van der Waals surface area contributed by atoms with Crippen LogP contribution in [-0.4, -0.2) is 5.91 Å². The Kier molecular flexibility index (Phi) is 3.53. The highest BCUT2D eigenvalue weighted by atomic mass is 35.5. The van der Waals surface area contributed by atoms with E-state index in [1.807, 2.05) is 31.5 Å². The summed E-state index contributed by atoms with van der Waals surface area (Å²) in [5, 5.41) is 0.730. The number of carbonyl (C=O) groups excluding carboxylic acids is 1. The molecule has 0 heterocycles. The number of aryl methyl sites for hydroxylation is 1. The Bertz CT molecular complexity index is 349. The fourth-order valence-electron chi connectivity index (χ4n) is 1.14. The van der Waals surface area contributed by atoms with Gasteiger partial charge >= 0.3 is 0 Å². The van der Waals surface area contributed by atoms with E-state index in [1.165, 1.54) is 0 Å². The van der Waals surface area contributed by atoms with E-state index >= 15 is 0 Å². The van der Waals surface area contributed by atoms with Crippen molar-refractivity contribution in [2.75, 3.05) is 0 Å². The molecule has 0 aliphatic rings. The van der Waals surface area contributed by atoms with Crippen LogP contribution in [0, 0.1) is 19.3 Å². The summed E-state index contributed by atoms with van der Waals surface area (Å²) in [6.07, 6.45) is 1.83. The number of nitrogens with two attached hydrogens (primary N) is 1. The molecule has 1 atom stereocenters. The fraction of sp³-hybridized carbons (Fsp3) is 0.273. The summed E-state index contributed by atoms with van der Waals surface area (Å²) in [4.78, 5) is 10.8. The largest absolute Gasteiger partial charge is 0.369 e. The second-order valence-corrected chi connectivity index (χ2v) is 3.77. The van der Waals surface area contributed by atoms with Gasteiger partial charge in [-0.3, -0.25) is 4.79 Å². The summed E-state index contributed by atoms with van der Waals surface area (Å²) < 4.78 is 0. The first-order chi connectivity index (χ1) is 6.50. The minimum absolute atomic E-state index is 0.254. The van der Waals surface area contributed by atoms with Crippen LogP contribution >= 0.6 is 11.6 Å². The highest BCUT2D eigenvalue weighted by molar-refractivity contribution is 6.31. The third kappa shape index (κ3) is 2.74. The normalized spacial score (nSPS) is 12.5. The van der Waals surface area contributed by atoms with Crippen molar-refractivity contribution in [2.45, 2.75) is 13.8 Å². The van der Waals surface area contributed by atoms with Crippen LogP contribution in [0.3, 0.4) is 0 Å². The second-order valence-electron chi connectivity index (χ2n) is 3.37. The van der Waals surface area contributed by atoms with Gasteiger partial charge in [-0.1, -0.05) is 30.7 Å². The lowest BCUT2D eigenvalue weighted by molar-refractivity contribution is -0.120. The number of rotatable bonds is 3. The molecule has 14 heavy (non-hydrogen) atoms. The number of primary amides is 1. The molecule has 2 nitrogen and oxygen atoms in total. The average Bonchev–Trinajstić information content (AvgIpc) is 2.11. The molecule has 1 rings (SSSR count). The summed E-state index contributed by atoms with van der Waals surface area (Å²) in [7, 11) is 0. The van der Waals surface area contributed by atoms with Crippen LogP contribution in [0.4, 0.5) is 0 Å². The molecule has 0 unspecified atom stereocenters. The van der Waals surface area contributed by atoms with E-state index in [2.05, 4.69) is 0 Å². The van der Waals surface area contributed by atoms with Crippen molar-refractivity contribution in [3.8, 4) is 0 Å². The lowest BCUT2D eigenvalue weighted by Gasteiger charge is -2.07. The number of hydrogen-bond donors (Lipinski definition) is 1. The molecule has 0 fully saturated rings. The number of hydrogen-bond acceptors (Lipinski definition) is 1. The van der Waals surface area contributed by atoms with Crippen LogP contribution in [0.5, 0.6) is 0 Å². The summed E-state index contributed by atoms with van der Waals surface area (Å²) in [5.41, 5.74) is 7.12. The Morgan fingerprint density at radius 1 is 1.57 bits per heavy atom. The van der Waals surface area contributed by atoms with Crippen molar-refractivity contribution in [3.63, 3.8) is 0 Å². The van der Waals surface area contributed by atoms with Gasteiger partial charge in [-0.2, -0.15) is 0 Å². The van der Waals surface area contributed by atoms with Crippen molar-refractivity contribution in [3.05, 3.63) is 40.8 Å².